The largest absolute Gasteiger partial charge is 0.481 e. The fraction of sp³-hybridized carbons (Fsp3) is 0.750. The summed E-state index contributed by atoms with van der Waals surface area (Å²) < 4.78 is 0. The Balaban J connectivity index is 2.04. The molecule has 8 heteroatoms. The van der Waals surface area contributed by atoms with Gasteiger partial charge in [0.15, 0.2) is 0 Å². The Morgan fingerprint density at radius 3 is 2.21 bits per heavy atom. The zero-order valence-corrected chi connectivity index (χ0v) is 15.7. The first-order valence-corrected chi connectivity index (χ1v) is 9.68. The minimum Gasteiger partial charge on any atom is -0.481 e. The Morgan fingerprint density at radius 1 is 1.04 bits per heavy atom. The van der Waals surface area contributed by atoms with Crippen LogP contribution in [0.1, 0.15) is 39.0 Å². The molecule has 2 bridgehead atoms. The molecule has 4 rings (SSSR count). The zero-order valence-electron chi connectivity index (χ0n) is 15.7. The first-order valence-electron chi connectivity index (χ1n) is 9.68. The minimum atomic E-state index is -2.09. The van der Waals surface area contributed by atoms with Crippen molar-refractivity contribution in [3.8, 4) is 0 Å². The van der Waals surface area contributed by atoms with Crippen molar-refractivity contribution in [3.63, 3.8) is 0 Å². The number of aliphatic carboxylic acids is 3. The van der Waals surface area contributed by atoms with Crippen LogP contribution in [0.2, 0.25) is 0 Å². The van der Waals surface area contributed by atoms with E-state index in [0.717, 1.165) is 5.57 Å². The van der Waals surface area contributed by atoms with Gasteiger partial charge < -0.3 is 25.5 Å². The molecule has 0 heterocycles. The third kappa shape index (κ3) is 1.90. The molecule has 5 N–H and O–H groups in total. The van der Waals surface area contributed by atoms with Gasteiger partial charge in [-0.25, -0.2) is 0 Å². The van der Waals surface area contributed by atoms with Crippen LogP contribution in [0.3, 0.4) is 0 Å². The molecule has 4 saturated carbocycles. The van der Waals surface area contributed by atoms with Gasteiger partial charge in [-0.15, -0.1) is 0 Å². The van der Waals surface area contributed by atoms with E-state index in [2.05, 4.69) is 6.58 Å². The lowest BCUT2D eigenvalue weighted by atomic mass is 9.50. The number of carboxylic acids is 3. The van der Waals surface area contributed by atoms with E-state index < -0.39 is 64.1 Å². The van der Waals surface area contributed by atoms with Crippen molar-refractivity contribution in [3.05, 3.63) is 12.2 Å². The maximum atomic E-state index is 12.7. The summed E-state index contributed by atoms with van der Waals surface area (Å²) in [4.78, 5) is 37.5. The number of fused-ring (bicyclic) bond motifs is 3. The molecule has 0 saturated heterocycles. The Labute approximate surface area is 161 Å². The van der Waals surface area contributed by atoms with E-state index in [0.29, 0.717) is 25.7 Å². The van der Waals surface area contributed by atoms with E-state index in [1.807, 2.05) is 0 Å². The number of aliphatic hydroxyl groups is 2. The number of carbonyl (C=O) groups is 3. The van der Waals surface area contributed by atoms with Crippen LogP contribution in [0.25, 0.3) is 0 Å². The molecule has 0 radical (unpaired) electrons. The second-order valence-corrected chi connectivity index (χ2v) is 9.54. The van der Waals surface area contributed by atoms with Crippen molar-refractivity contribution >= 4 is 17.9 Å². The van der Waals surface area contributed by atoms with Gasteiger partial charge in [0.25, 0.3) is 0 Å². The Morgan fingerprint density at radius 2 is 1.68 bits per heavy atom. The molecule has 0 amide bonds. The van der Waals surface area contributed by atoms with Crippen molar-refractivity contribution in [1.82, 2.24) is 0 Å². The van der Waals surface area contributed by atoms with Gasteiger partial charge in [-0.2, -0.15) is 0 Å². The molecule has 0 aromatic rings. The minimum absolute atomic E-state index is 0.107. The quantitative estimate of drug-likeness (QED) is 0.444. The van der Waals surface area contributed by atoms with Gasteiger partial charge in [0.2, 0.25) is 0 Å². The maximum absolute atomic E-state index is 12.7. The van der Waals surface area contributed by atoms with Crippen molar-refractivity contribution in [1.29, 1.82) is 0 Å². The molecular formula is C20H26O8. The molecule has 4 aliphatic carbocycles. The second kappa shape index (κ2) is 5.57. The molecule has 9 atom stereocenters. The standard InChI is InChI=1S/C20H26O8/c1-8-5-19-6-9(8)3-4-11(19)20(17(27)28)7-10(21)14(22)18(2,16(25)26)13(20)12(19)15(23)24/h9-14,21-22H,1,3-7H2,2H3,(H,23,24)(H,25,26)(H,27,28)/t9-,10+,11-,12-,13-,14+,18+,19+,20-/m1/s1. The lowest BCUT2D eigenvalue weighted by Gasteiger charge is -2.53. The molecular weight excluding hydrogens is 368 g/mol. The van der Waals surface area contributed by atoms with Crippen LogP contribution in [0.5, 0.6) is 0 Å². The zero-order chi connectivity index (χ0) is 20.8. The number of rotatable bonds is 3. The fourth-order valence-electron chi connectivity index (χ4n) is 7.75. The number of carboxylic acid groups (broad SMARTS) is 3. The number of aliphatic hydroxyl groups excluding tert-OH is 2. The van der Waals surface area contributed by atoms with E-state index in [1.165, 1.54) is 6.92 Å². The van der Waals surface area contributed by atoms with Gasteiger partial charge in [0, 0.05) is 5.92 Å². The SMILES string of the molecule is C=C1C[C@]23C[C@H]1CC[C@H]2[C@]1(C(=O)O)C[C@H](O)[C@H](O)[C@@](C)(C(=O)O)[C@H]1[C@@H]3C(=O)O. The second-order valence-electron chi connectivity index (χ2n) is 9.54. The van der Waals surface area contributed by atoms with Crippen LogP contribution in [0.4, 0.5) is 0 Å². The Hall–Kier alpha value is -1.93. The smallest absolute Gasteiger partial charge is 0.312 e. The normalized spacial score (nSPS) is 52.0. The molecule has 4 fully saturated rings. The van der Waals surface area contributed by atoms with Gasteiger partial charge in [0.1, 0.15) is 0 Å². The third-order valence-electron chi connectivity index (χ3n) is 8.68. The molecule has 0 aromatic heterocycles. The van der Waals surface area contributed by atoms with Crippen LogP contribution in [0.15, 0.2) is 12.2 Å². The number of allylic oxidation sites excluding steroid dienone is 1. The molecule has 0 aliphatic heterocycles. The highest BCUT2D eigenvalue weighted by Gasteiger charge is 2.81. The van der Waals surface area contributed by atoms with E-state index in [1.54, 1.807) is 0 Å². The van der Waals surface area contributed by atoms with Gasteiger partial charge in [-0.05, 0) is 56.3 Å². The molecule has 8 nitrogen and oxygen atoms in total. The van der Waals surface area contributed by atoms with Gasteiger partial charge in [-0.3, -0.25) is 14.4 Å². The first-order chi connectivity index (χ1) is 12.9. The Kier molecular flexibility index (Phi) is 3.86. The highest BCUT2D eigenvalue weighted by Crippen LogP contribution is 2.77. The summed E-state index contributed by atoms with van der Waals surface area (Å²) in [6.45, 7) is 5.27. The van der Waals surface area contributed by atoms with Gasteiger partial charge >= 0.3 is 17.9 Å². The van der Waals surface area contributed by atoms with Crippen molar-refractivity contribution in [2.24, 2.45) is 39.9 Å². The highest BCUT2D eigenvalue weighted by atomic mass is 16.4. The topological polar surface area (TPSA) is 152 Å². The summed E-state index contributed by atoms with van der Waals surface area (Å²) in [5.41, 5.74) is -3.82. The van der Waals surface area contributed by atoms with Crippen LogP contribution in [-0.2, 0) is 14.4 Å². The predicted molar refractivity (Wildman–Crippen MR) is 94.1 cm³/mol. The summed E-state index contributed by atoms with van der Waals surface area (Å²) in [6.07, 6.45) is -1.68. The lowest BCUT2D eigenvalue weighted by Crippen LogP contribution is -2.65. The van der Waals surface area contributed by atoms with Crippen molar-refractivity contribution in [2.75, 3.05) is 0 Å². The molecule has 28 heavy (non-hydrogen) atoms. The van der Waals surface area contributed by atoms with Crippen LogP contribution in [0, 0.1) is 39.9 Å². The lowest BCUT2D eigenvalue weighted by molar-refractivity contribution is -0.211. The first kappa shape index (κ1) is 19.4. The van der Waals surface area contributed by atoms with E-state index in [9.17, 15) is 39.9 Å². The summed E-state index contributed by atoms with van der Waals surface area (Å²) in [5.74, 6) is -7.04. The predicted octanol–water partition coefficient (Wildman–Crippen LogP) is 0.967. The van der Waals surface area contributed by atoms with E-state index >= 15 is 0 Å². The summed E-state index contributed by atoms with van der Waals surface area (Å²) in [7, 11) is 0. The average Bonchev–Trinajstić information content (AvgIpc) is 3.01. The van der Waals surface area contributed by atoms with Gasteiger partial charge in [-0.1, -0.05) is 12.2 Å². The van der Waals surface area contributed by atoms with Crippen LogP contribution < -0.4 is 0 Å². The average molecular weight is 394 g/mol. The maximum Gasteiger partial charge on any atom is 0.312 e. The number of hydrogen-bond acceptors (Lipinski definition) is 5. The summed E-state index contributed by atoms with van der Waals surface area (Å²) in [6, 6.07) is 0. The molecule has 0 aromatic carbocycles. The molecule has 1 spiro atoms. The van der Waals surface area contributed by atoms with E-state index in [-0.39, 0.29) is 12.3 Å². The van der Waals surface area contributed by atoms with Gasteiger partial charge in [0.05, 0.1) is 29.0 Å². The third-order valence-corrected chi connectivity index (χ3v) is 8.68. The fourth-order valence-corrected chi connectivity index (χ4v) is 7.75. The van der Waals surface area contributed by atoms with Crippen molar-refractivity contribution < 1.29 is 39.9 Å². The highest BCUT2D eigenvalue weighted by molar-refractivity contribution is 5.86. The molecule has 4 aliphatic rings. The van der Waals surface area contributed by atoms with Crippen LogP contribution >= 0.6 is 0 Å². The van der Waals surface area contributed by atoms with E-state index in [4.69, 9.17) is 0 Å². The van der Waals surface area contributed by atoms with Crippen LogP contribution in [-0.4, -0.2) is 55.6 Å². The summed E-state index contributed by atoms with van der Waals surface area (Å²) >= 11 is 0. The van der Waals surface area contributed by atoms with Crippen molar-refractivity contribution in [2.45, 2.75) is 51.2 Å². The monoisotopic (exact) mass is 394 g/mol. The Bertz CT molecular complexity index is 791. The summed E-state index contributed by atoms with van der Waals surface area (Å²) in [5, 5.41) is 51.7. The number of hydrogen-bond donors (Lipinski definition) is 5. The molecule has 0 unspecified atom stereocenters. The molecule has 154 valence electrons.